The number of carbonyl (C=O) groups excluding carboxylic acids is 1. The van der Waals surface area contributed by atoms with Crippen LogP contribution in [0.1, 0.15) is 12.8 Å². The SMILES string of the molecule is C=CCC(=C=O)CC=C. The first-order chi connectivity index (χ1) is 4.35. The molecule has 0 N–H and O–H groups in total. The second-order valence-corrected chi connectivity index (χ2v) is 1.69. The molecule has 0 saturated heterocycles. The average molecular weight is 122 g/mol. The van der Waals surface area contributed by atoms with E-state index in [1.165, 1.54) is 0 Å². The van der Waals surface area contributed by atoms with Gasteiger partial charge in [0.25, 0.3) is 0 Å². The topological polar surface area (TPSA) is 17.1 Å². The van der Waals surface area contributed by atoms with Gasteiger partial charge in [-0.25, -0.2) is 4.79 Å². The Bertz CT molecular complexity index is 138. The van der Waals surface area contributed by atoms with Crippen molar-refractivity contribution in [3.63, 3.8) is 0 Å². The fourth-order valence-corrected chi connectivity index (χ4v) is 0.515. The molecule has 0 radical (unpaired) electrons. The highest BCUT2D eigenvalue weighted by Gasteiger charge is 1.89. The summed E-state index contributed by atoms with van der Waals surface area (Å²) in [7, 11) is 0. The molecular formula is C8H10O. The predicted octanol–water partition coefficient (Wildman–Crippen LogP) is 1.90. The van der Waals surface area contributed by atoms with Gasteiger partial charge in [-0.15, -0.1) is 13.2 Å². The zero-order valence-electron chi connectivity index (χ0n) is 5.39. The molecule has 0 heterocycles. The fourth-order valence-electron chi connectivity index (χ4n) is 0.515. The van der Waals surface area contributed by atoms with E-state index in [4.69, 9.17) is 0 Å². The molecule has 0 aromatic carbocycles. The summed E-state index contributed by atoms with van der Waals surface area (Å²) in [6, 6.07) is 0. The highest BCUT2D eigenvalue weighted by atomic mass is 16.1. The standard InChI is InChI=1S/C8H10O/c1-3-5-8(7-9)6-4-2/h3-4H,1-2,5-6H2. The smallest absolute Gasteiger partial charge is 0.124 e. The number of hydrogen-bond acceptors (Lipinski definition) is 1. The van der Waals surface area contributed by atoms with Gasteiger partial charge in [0.2, 0.25) is 0 Å². The summed E-state index contributed by atoms with van der Waals surface area (Å²) in [5, 5.41) is 0. The predicted molar refractivity (Wildman–Crippen MR) is 38.8 cm³/mol. The average Bonchev–Trinajstić information content (AvgIpc) is 1.88. The normalized spacial score (nSPS) is 7.56. The van der Waals surface area contributed by atoms with Crippen LogP contribution in [0.5, 0.6) is 0 Å². The van der Waals surface area contributed by atoms with Crippen LogP contribution in [0.25, 0.3) is 0 Å². The maximum atomic E-state index is 10.0. The molecule has 0 amide bonds. The largest absolute Gasteiger partial charge is 0.234 e. The minimum Gasteiger partial charge on any atom is -0.234 e. The first kappa shape index (κ1) is 7.93. The van der Waals surface area contributed by atoms with E-state index >= 15 is 0 Å². The van der Waals surface area contributed by atoms with Gasteiger partial charge in [0.1, 0.15) is 5.94 Å². The molecule has 0 spiro atoms. The van der Waals surface area contributed by atoms with Crippen molar-refractivity contribution in [3.05, 3.63) is 30.9 Å². The Morgan fingerprint density at radius 1 is 1.33 bits per heavy atom. The van der Waals surface area contributed by atoms with Gasteiger partial charge in [0, 0.05) is 5.57 Å². The summed E-state index contributed by atoms with van der Waals surface area (Å²) >= 11 is 0. The van der Waals surface area contributed by atoms with Gasteiger partial charge in [0.15, 0.2) is 0 Å². The first-order valence-electron chi connectivity index (χ1n) is 2.79. The van der Waals surface area contributed by atoms with Gasteiger partial charge >= 0.3 is 0 Å². The molecule has 0 fully saturated rings. The van der Waals surface area contributed by atoms with Crippen LogP contribution in [0.4, 0.5) is 0 Å². The zero-order chi connectivity index (χ0) is 7.11. The van der Waals surface area contributed by atoms with Crippen molar-refractivity contribution in [3.8, 4) is 0 Å². The van der Waals surface area contributed by atoms with Crippen molar-refractivity contribution in [2.24, 2.45) is 0 Å². The molecule has 0 aromatic rings. The maximum absolute atomic E-state index is 10.0. The Labute approximate surface area is 55.4 Å². The van der Waals surface area contributed by atoms with Crippen molar-refractivity contribution in [1.82, 2.24) is 0 Å². The fraction of sp³-hybridized carbons (Fsp3) is 0.250. The molecule has 0 atom stereocenters. The highest BCUT2D eigenvalue weighted by molar-refractivity contribution is 5.53. The quantitative estimate of drug-likeness (QED) is 0.411. The highest BCUT2D eigenvalue weighted by Crippen LogP contribution is 2.02. The van der Waals surface area contributed by atoms with E-state index < -0.39 is 0 Å². The second kappa shape index (κ2) is 5.07. The molecule has 0 rings (SSSR count). The summed E-state index contributed by atoms with van der Waals surface area (Å²) < 4.78 is 0. The minimum atomic E-state index is 0.621. The van der Waals surface area contributed by atoms with Crippen molar-refractivity contribution in [1.29, 1.82) is 0 Å². The lowest BCUT2D eigenvalue weighted by molar-refractivity contribution is 0.566. The maximum Gasteiger partial charge on any atom is 0.124 e. The van der Waals surface area contributed by atoms with E-state index in [0.29, 0.717) is 18.4 Å². The summed E-state index contributed by atoms with van der Waals surface area (Å²) in [6.45, 7) is 6.99. The minimum absolute atomic E-state index is 0.621. The molecule has 0 aliphatic heterocycles. The van der Waals surface area contributed by atoms with Crippen molar-refractivity contribution >= 4 is 5.94 Å². The van der Waals surface area contributed by atoms with Gasteiger partial charge < -0.3 is 0 Å². The lowest BCUT2D eigenvalue weighted by Gasteiger charge is -1.89. The lowest BCUT2D eigenvalue weighted by Crippen LogP contribution is -1.77. The summed E-state index contributed by atoms with van der Waals surface area (Å²) in [5.41, 5.74) is 0.708. The van der Waals surface area contributed by atoms with Crippen LogP contribution in [0, 0.1) is 0 Å². The van der Waals surface area contributed by atoms with Crippen LogP contribution >= 0.6 is 0 Å². The molecule has 48 valence electrons. The van der Waals surface area contributed by atoms with E-state index in [1.807, 2.05) is 5.94 Å². The molecule has 0 aromatic heterocycles. The first-order valence-corrected chi connectivity index (χ1v) is 2.79. The van der Waals surface area contributed by atoms with Gasteiger partial charge in [-0.3, -0.25) is 0 Å². The molecule has 9 heavy (non-hydrogen) atoms. The Morgan fingerprint density at radius 3 is 2.00 bits per heavy atom. The molecule has 1 nitrogen and oxygen atoms in total. The Balaban J connectivity index is 3.83. The summed E-state index contributed by atoms with van der Waals surface area (Å²) in [5.74, 6) is 1.83. The van der Waals surface area contributed by atoms with Gasteiger partial charge in [-0.05, 0) is 12.8 Å². The summed E-state index contributed by atoms with van der Waals surface area (Å²) in [6.07, 6.45) is 4.61. The molecular weight excluding hydrogens is 112 g/mol. The Hall–Kier alpha value is -1.07. The molecule has 0 bridgehead atoms. The second-order valence-electron chi connectivity index (χ2n) is 1.69. The van der Waals surface area contributed by atoms with Gasteiger partial charge in [0.05, 0.1) is 0 Å². The number of allylic oxidation sites excluding steroid dienone is 3. The van der Waals surface area contributed by atoms with E-state index in [1.54, 1.807) is 12.2 Å². The van der Waals surface area contributed by atoms with Crippen LogP contribution in [0.3, 0.4) is 0 Å². The lowest BCUT2D eigenvalue weighted by atomic mass is 10.1. The summed E-state index contributed by atoms with van der Waals surface area (Å²) in [4.78, 5) is 10.0. The Morgan fingerprint density at radius 2 is 1.78 bits per heavy atom. The third kappa shape index (κ3) is 3.51. The number of rotatable bonds is 4. The van der Waals surface area contributed by atoms with Crippen LogP contribution in [0.2, 0.25) is 0 Å². The molecule has 0 saturated carbocycles. The van der Waals surface area contributed by atoms with E-state index in [2.05, 4.69) is 13.2 Å². The molecule has 0 aliphatic carbocycles. The van der Waals surface area contributed by atoms with Crippen LogP contribution in [-0.4, -0.2) is 5.94 Å². The van der Waals surface area contributed by atoms with Crippen LogP contribution in [0.15, 0.2) is 30.9 Å². The molecule has 0 unspecified atom stereocenters. The van der Waals surface area contributed by atoms with E-state index in [0.717, 1.165) is 0 Å². The van der Waals surface area contributed by atoms with Gasteiger partial charge in [-0.2, -0.15) is 0 Å². The van der Waals surface area contributed by atoms with Crippen molar-refractivity contribution in [2.75, 3.05) is 0 Å². The third-order valence-electron chi connectivity index (χ3n) is 0.926. The Kier molecular flexibility index (Phi) is 4.47. The third-order valence-corrected chi connectivity index (χ3v) is 0.926. The number of hydrogen-bond donors (Lipinski definition) is 0. The van der Waals surface area contributed by atoms with Crippen LogP contribution in [-0.2, 0) is 4.79 Å². The van der Waals surface area contributed by atoms with Crippen molar-refractivity contribution < 1.29 is 4.79 Å². The monoisotopic (exact) mass is 122 g/mol. The van der Waals surface area contributed by atoms with Crippen molar-refractivity contribution in [2.45, 2.75) is 12.8 Å². The van der Waals surface area contributed by atoms with Gasteiger partial charge in [-0.1, -0.05) is 12.2 Å². The molecule has 0 aliphatic rings. The van der Waals surface area contributed by atoms with E-state index in [-0.39, 0.29) is 0 Å². The zero-order valence-corrected chi connectivity index (χ0v) is 5.39. The van der Waals surface area contributed by atoms with Crippen LogP contribution < -0.4 is 0 Å². The molecule has 1 heteroatoms. The van der Waals surface area contributed by atoms with E-state index in [9.17, 15) is 4.79 Å².